The molecular formula is C9H10N2O. The number of nitriles is 1. The molecule has 0 atom stereocenters. The van der Waals surface area contributed by atoms with Crippen LogP contribution in [-0.4, -0.2) is 6.61 Å². The van der Waals surface area contributed by atoms with Crippen LogP contribution in [0, 0.1) is 18.3 Å². The maximum absolute atomic E-state index is 8.28. The van der Waals surface area contributed by atoms with E-state index in [4.69, 9.17) is 15.7 Å². The van der Waals surface area contributed by atoms with Crippen molar-refractivity contribution in [3.8, 4) is 11.8 Å². The van der Waals surface area contributed by atoms with Crippen molar-refractivity contribution in [1.29, 1.82) is 5.26 Å². The van der Waals surface area contributed by atoms with Gasteiger partial charge in [0, 0.05) is 11.8 Å². The average Bonchev–Trinajstić information content (AvgIpc) is 2.07. The highest BCUT2D eigenvalue weighted by Gasteiger charge is 1.98. The lowest BCUT2D eigenvalue weighted by molar-refractivity contribution is 0.366. The minimum atomic E-state index is 0.0598. The van der Waals surface area contributed by atoms with Gasteiger partial charge in [0.25, 0.3) is 0 Å². The van der Waals surface area contributed by atoms with E-state index in [-0.39, 0.29) is 6.61 Å². The third kappa shape index (κ3) is 1.89. The van der Waals surface area contributed by atoms with Gasteiger partial charge in [-0.15, -0.1) is 0 Å². The number of nitrogens with two attached hydrogens (primary N) is 1. The van der Waals surface area contributed by atoms with Gasteiger partial charge < -0.3 is 10.5 Å². The van der Waals surface area contributed by atoms with Gasteiger partial charge in [-0.25, -0.2) is 0 Å². The highest BCUT2D eigenvalue weighted by Crippen LogP contribution is 2.20. The van der Waals surface area contributed by atoms with Gasteiger partial charge in [0.05, 0.1) is 0 Å². The summed E-state index contributed by atoms with van der Waals surface area (Å²) in [6.45, 7) is 1.97. The average molecular weight is 162 g/mol. The Labute approximate surface area is 71.4 Å². The fourth-order valence-corrected chi connectivity index (χ4v) is 0.882. The van der Waals surface area contributed by atoms with Gasteiger partial charge in [0.1, 0.15) is 11.8 Å². The van der Waals surface area contributed by atoms with E-state index in [9.17, 15) is 0 Å². The molecule has 0 fully saturated rings. The molecule has 2 N–H and O–H groups in total. The summed E-state index contributed by atoms with van der Waals surface area (Å²) in [5, 5.41) is 8.28. The number of rotatable bonds is 2. The first-order valence-electron chi connectivity index (χ1n) is 3.60. The maximum atomic E-state index is 8.28. The zero-order chi connectivity index (χ0) is 8.97. The van der Waals surface area contributed by atoms with Crippen LogP contribution in [-0.2, 0) is 0 Å². The van der Waals surface area contributed by atoms with Gasteiger partial charge in [-0.05, 0) is 18.6 Å². The Kier molecular flexibility index (Phi) is 2.54. The summed E-state index contributed by atoms with van der Waals surface area (Å²) in [6.07, 6.45) is 0. The van der Waals surface area contributed by atoms with Gasteiger partial charge in [-0.1, -0.05) is 6.07 Å². The van der Waals surface area contributed by atoms with E-state index in [1.54, 1.807) is 12.1 Å². The van der Waals surface area contributed by atoms with Crippen LogP contribution in [0.4, 0.5) is 5.69 Å². The molecule has 1 rings (SSSR count). The zero-order valence-electron chi connectivity index (χ0n) is 6.87. The van der Waals surface area contributed by atoms with E-state index in [2.05, 4.69) is 0 Å². The van der Waals surface area contributed by atoms with Crippen molar-refractivity contribution in [2.75, 3.05) is 12.3 Å². The molecule has 1 aromatic rings. The number of benzene rings is 1. The molecular weight excluding hydrogens is 152 g/mol. The molecule has 0 unspecified atom stereocenters. The van der Waals surface area contributed by atoms with Gasteiger partial charge in [0.15, 0.2) is 6.61 Å². The number of aryl methyl sites for hydroxylation is 1. The number of anilines is 1. The molecule has 0 bridgehead atoms. The largest absolute Gasteiger partial charge is 0.478 e. The summed E-state index contributed by atoms with van der Waals surface area (Å²) in [6, 6.07) is 7.28. The molecule has 0 heterocycles. The standard InChI is InChI=1S/C9H10N2O/c1-7-2-3-8(11)6-9(7)12-5-4-10/h2-3,6H,5,11H2,1H3. The zero-order valence-corrected chi connectivity index (χ0v) is 6.87. The van der Waals surface area contributed by atoms with Crippen molar-refractivity contribution in [2.45, 2.75) is 6.92 Å². The van der Waals surface area contributed by atoms with Crippen LogP contribution in [0.15, 0.2) is 18.2 Å². The Morgan fingerprint density at radius 1 is 1.58 bits per heavy atom. The summed E-state index contributed by atoms with van der Waals surface area (Å²) in [4.78, 5) is 0. The SMILES string of the molecule is Cc1ccc(N)cc1OCC#N. The van der Waals surface area contributed by atoms with Gasteiger partial charge in [0.2, 0.25) is 0 Å². The number of hydrogen-bond acceptors (Lipinski definition) is 3. The summed E-state index contributed by atoms with van der Waals surface area (Å²) < 4.78 is 5.13. The molecule has 0 aliphatic carbocycles. The summed E-state index contributed by atoms with van der Waals surface area (Å²) in [7, 11) is 0. The Morgan fingerprint density at radius 2 is 2.33 bits per heavy atom. The second kappa shape index (κ2) is 3.63. The Bertz CT molecular complexity index is 315. The quantitative estimate of drug-likeness (QED) is 0.670. The highest BCUT2D eigenvalue weighted by molar-refractivity contribution is 5.47. The van der Waals surface area contributed by atoms with Crippen molar-refractivity contribution in [3.05, 3.63) is 23.8 Å². The van der Waals surface area contributed by atoms with Gasteiger partial charge in [-0.2, -0.15) is 5.26 Å². The normalized spacial score (nSPS) is 9.00. The lowest BCUT2D eigenvalue weighted by Gasteiger charge is -2.05. The molecule has 0 amide bonds. The lowest BCUT2D eigenvalue weighted by Crippen LogP contribution is -1.96. The Morgan fingerprint density at radius 3 is 3.00 bits per heavy atom. The van der Waals surface area contributed by atoms with E-state index in [0.29, 0.717) is 11.4 Å². The first-order valence-corrected chi connectivity index (χ1v) is 3.60. The Balaban J connectivity index is 2.84. The third-order valence-corrected chi connectivity index (χ3v) is 1.50. The molecule has 62 valence electrons. The van der Waals surface area contributed by atoms with E-state index < -0.39 is 0 Å². The molecule has 0 spiro atoms. The van der Waals surface area contributed by atoms with Gasteiger partial charge >= 0.3 is 0 Å². The van der Waals surface area contributed by atoms with E-state index in [1.807, 2.05) is 19.1 Å². The minimum Gasteiger partial charge on any atom is -0.478 e. The summed E-state index contributed by atoms with van der Waals surface area (Å²) in [5.41, 5.74) is 7.17. The first kappa shape index (κ1) is 8.41. The molecule has 0 aliphatic heterocycles. The van der Waals surface area contributed by atoms with Crippen LogP contribution >= 0.6 is 0 Å². The van der Waals surface area contributed by atoms with Gasteiger partial charge in [-0.3, -0.25) is 0 Å². The fraction of sp³-hybridized carbons (Fsp3) is 0.222. The van der Waals surface area contributed by atoms with E-state index in [1.165, 1.54) is 0 Å². The molecule has 0 saturated carbocycles. The van der Waals surface area contributed by atoms with Crippen molar-refractivity contribution < 1.29 is 4.74 Å². The predicted octanol–water partition coefficient (Wildman–Crippen LogP) is 1.48. The van der Waals surface area contributed by atoms with Crippen LogP contribution in [0.1, 0.15) is 5.56 Å². The number of nitrogens with zero attached hydrogens (tertiary/aromatic N) is 1. The smallest absolute Gasteiger partial charge is 0.174 e. The van der Waals surface area contributed by atoms with Crippen LogP contribution < -0.4 is 10.5 Å². The van der Waals surface area contributed by atoms with Crippen LogP contribution in [0.25, 0.3) is 0 Å². The molecule has 0 aromatic heterocycles. The second-order valence-corrected chi connectivity index (χ2v) is 2.47. The van der Waals surface area contributed by atoms with Crippen molar-refractivity contribution in [1.82, 2.24) is 0 Å². The molecule has 12 heavy (non-hydrogen) atoms. The van der Waals surface area contributed by atoms with E-state index >= 15 is 0 Å². The highest BCUT2D eigenvalue weighted by atomic mass is 16.5. The lowest BCUT2D eigenvalue weighted by atomic mass is 10.2. The van der Waals surface area contributed by atoms with E-state index in [0.717, 1.165) is 5.56 Å². The monoisotopic (exact) mass is 162 g/mol. The van der Waals surface area contributed by atoms with Crippen LogP contribution in [0.3, 0.4) is 0 Å². The molecule has 0 radical (unpaired) electrons. The fourth-order valence-electron chi connectivity index (χ4n) is 0.882. The molecule has 3 nitrogen and oxygen atoms in total. The summed E-state index contributed by atoms with van der Waals surface area (Å²) in [5.74, 6) is 0.677. The molecule has 0 saturated heterocycles. The van der Waals surface area contributed by atoms with Crippen LogP contribution in [0.2, 0.25) is 0 Å². The number of ether oxygens (including phenoxy) is 1. The Hall–Kier alpha value is -1.69. The number of hydrogen-bond donors (Lipinski definition) is 1. The van der Waals surface area contributed by atoms with Crippen molar-refractivity contribution in [2.24, 2.45) is 0 Å². The molecule has 1 aromatic carbocycles. The minimum absolute atomic E-state index is 0.0598. The number of nitrogen functional groups attached to an aromatic ring is 1. The first-order chi connectivity index (χ1) is 5.74. The van der Waals surface area contributed by atoms with Crippen LogP contribution in [0.5, 0.6) is 5.75 Å². The van der Waals surface area contributed by atoms with Crippen molar-refractivity contribution >= 4 is 5.69 Å². The predicted molar refractivity (Wildman–Crippen MR) is 46.7 cm³/mol. The topological polar surface area (TPSA) is 59.0 Å². The molecule has 3 heteroatoms. The molecule has 0 aliphatic rings. The van der Waals surface area contributed by atoms with Crippen molar-refractivity contribution in [3.63, 3.8) is 0 Å². The second-order valence-electron chi connectivity index (χ2n) is 2.47. The summed E-state index contributed by atoms with van der Waals surface area (Å²) >= 11 is 0. The maximum Gasteiger partial charge on any atom is 0.174 e. The third-order valence-electron chi connectivity index (χ3n) is 1.50.